The van der Waals surface area contributed by atoms with Crippen LogP contribution in [0.15, 0.2) is 47.3 Å². The molecule has 0 aliphatic carbocycles. The first-order valence-corrected chi connectivity index (χ1v) is 8.84. The van der Waals surface area contributed by atoms with E-state index in [1.807, 2.05) is 41.0 Å². The van der Waals surface area contributed by atoms with E-state index >= 15 is 0 Å². The summed E-state index contributed by atoms with van der Waals surface area (Å²) >= 11 is 0. The molecule has 1 atom stereocenters. The third kappa shape index (κ3) is 2.97. The van der Waals surface area contributed by atoms with Crippen molar-refractivity contribution >= 4 is 11.0 Å². The van der Waals surface area contributed by atoms with E-state index in [0.29, 0.717) is 13.2 Å². The van der Waals surface area contributed by atoms with Gasteiger partial charge in [0.15, 0.2) is 11.5 Å². The molecule has 1 N–H and O–H groups in total. The minimum atomic E-state index is -0.0316. The fourth-order valence-corrected chi connectivity index (χ4v) is 3.68. The van der Waals surface area contributed by atoms with Crippen molar-refractivity contribution in [2.75, 3.05) is 27.3 Å². The molecule has 6 nitrogen and oxygen atoms in total. The van der Waals surface area contributed by atoms with Crippen molar-refractivity contribution in [1.82, 2.24) is 14.5 Å². The highest BCUT2D eigenvalue weighted by molar-refractivity contribution is 5.79. The number of methoxy groups -OCH3 is 1. The molecule has 0 amide bonds. The van der Waals surface area contributed by atoms with E-state index in [1.54, 1.807) is 7.11 Å². The number of H-pyrrole nitrogens is 1. The van der Waals surface area contributed by atoms with Crippen LogP contribution >= 0.6 is 0 Å². The van der Waals surface area contributed by atoms with Gasteiger partial charge in [0.1, 0.15) is 6.61 Å². The lowest BCUT2D eigenvalue weighted by molar-refractivity contribution is 0.171. The van der Waals surface area contributed by atoms with Gasteiger partial charge >= 0.3 is 5.69 Å². The first kappa shape index (κ1) is 16.7. The zero-order valence-electron chi connectivity index (χ0n) is 15.1. The number of benzene rings is 2. The first-order valence-electron chi connectivity index (χ1n) is 8.84. The molecule has 136 valence electrons. The molecule has 0 fully saturated rings. The lowest BCUT2D eigenvalue weighted by Gasteiger charge is -2.31. The Morgan fingerprint density at radius 1 is 1.19 bits per heavy atom. The quantitative estimate of drug-likeness (QED) is 0.739. The van der Waals surface area contributed by atoms with E-state index in [0.717, 1.165) is 35.5 Å². The van der Waals surface area contributed by atoms with Gasteiger partial charge < -0.3 is 14.5 Å². The fourth-order valence-electron chi connectivity index (χ4n) is 3.68. The summed E-state index contributed by atoms with van der Waals surface area (Å²) in [5.41, 5.74) is 3.16. The predicted molar refractivity (Wildman–Crippen MR) is 101 cm³/mol. The highest BCUT2D eigenvalue weighted by atomic mass is 16.5. The molecule has 0 radical (unpaired) electrons. The first-order chi connectivity index (χ1) is 12.7. The molecule has 2 aromatic carbocycles. The summed E-state index contributed by atoms with van der Waals surface area (Å²) in [5.74, 6) is 1.49. The van der Waals surface area contributed by atoms with Crippen LogP contribution in [-0.2, 0) is 13.0 Å². The molecule has 0 saturated heterocycles. The molecule has 2 heterocycles. The van der Waals surface area contributed by atoms with Crippen molar-refractivity contribution in [2.45, 2.75) is 19.0 Å². The van der Waals surface area contributed by atoms with Crippen LogP contribution in [0.25, 0.3) is 11.0 Å². The van der Waals surface area contributed by atoms with Gasteiger partial charge in [0.25, 0.3) is 0 Å². The average molecular weight is 353 g/mol. The van der Waals surface area contributed by atoms with E-state index in [9.17, 15) is 4.79 Å². The molecule has 0 bridgehead atoms. The minimum absolute atomic E-state index is 0.0316. The largest absolute Gasteiger partial charge is 0.493 e. The number of aromatic amines is 1. The molecule has 26 heavy (non-hydrogen) atoms. The summed E-state index contributed by atoms with van der Waals surface area (Å²) in [6, 6.07) is 14.0. The Morgan fingerprint density at radius 2 is 2.00 bits per heavy atom. The minimum Gasteiger partial charge on any atom is -0.493 e. The van der Waals surface area contributed by atoms with Crippen LogP contribution in [0, 0.1) is 0 Å². The number of nitrogens with zero attached hydrogens (tertiary/aromatic N) is 2. The molecule has 1 aliphatic rings. The van der Waals surface area contributed by atoms with Gasteiger partial charge in [0.2, 0.25) is 0 Å². The molecular formula is C20H23N3O3. The van der Waals surface area contributed by atoms with Crippen molar-refractivity contribution in [1.29, 1.82) is 0 Å². The molecule has 0 spiro atoms. The number of ether oxygens (including phenoxy) is 2. The zero-order chi connectivity index (χ0) is 18.1. The smallest absolute Gasteiger partial charge is 0.326 e. The number of rotatable bonds is 6. The Bertz CT molecular complexity index is 976. The van der Waals surface area contributed by atoms with Crippen LogP contribution in [0.3, 0.4) is 0 Å². The Balaban J connectivity index is 1.42. The summed E-state index contributed by atoms with van der Waals surface area (Å²) in [4.78, 5) is 17.5. The number of hydrogen-bond donors (Lipinski definition) is 1. The van der Waals surface area contributed by atoms with Gasteiger partial charge in [0.05, 0.1) is 18.1 Å². The molecule has 6 heteroatoms. The van der Waals surface area contributed by atoms with Crippen molar-refractivity contribution in [3.63, 3.8) is 0 Å². The van der Waals surface area contributed by atoms with Crippen LogP contribution < -0.4 is 15.2 Å². The molecule has 4 rings (SSSR count). The van der Waals surface area contributed by atoms with Crippen LogP contribution in [0.2, 0.25) is 0 Å². The van der Waals surface area contributed by atoms with E-state index in [4.69, 9.17) is 9.47 Å². The molecule has 1 aliphatic heterocycles. The third-order valence-corrected chi connectivity index (χ3v) is 5.12. The van der Waals surface area contributed by atoms with E-state index in [-0.39, 0.29) is 11.7 Å². The number of nitrogens with one attached hydrogen (secondary N) is 1. The van der Waals surface area contributed by atoms with Gasteiger partial charge in [-0.3, -0.25) is 9.47 Å². The second kappa shape index (κ2) is 6.88. The Hall–Kier alpha value is -2.73. The third-order valence-electron chi connectivity index (χ3n) is 5.12. The number of hydrogen-bond acceptors (Lipinski definition) is 4. The van der Waals surface area contributed by atoms with Gasteiger partial charge in [0, 0.05) is 19.1 Å². The van der Waals surface area contributed by atoms with Crippen molar-refractivity contribution in [3.05, 3.63) is 58.5 Å². The van der Waals surface area contributed by atoms with Crippen LogP contribution in [0.4, 0.5) is 0 Å². The topological polar surface area (TPSA) is 59.5 Å². The number of likely N-dealkylation sites (N-methyl/N-ethyl adjacent to an activating group) is 1. The van der Waals surface area contributed by atoms with Crippen LogP contribution in [0.5, 0.6) is 11.5 Å². The second-order valence-electron chi connectivity index (χ2n) is 6.69. The van der Waals surface area contributed by atoms with Gasteiger partial charge in [-0.2, -0.15) is 0 Å². The average Bonchev–Trinajstić information content (AvgIpc) is 2.99. The number of para-hydroxylation sites is 3. The Labute approximate surface area is 152 Å². The lowest BCUT2D eigenvalue weighted by atomic mass is 9.99. The molecule has 1 aromatic heterocycles. The monoisotopic (exact) mass is 353 g/mol. The summed E-state index contributed by atoms with van der Waals surface area (Å²) in [6.45, 7) is 2.03. The highest BCUT2D eigenvalue weighted by Gasteiger charge is 2.25. The maximum Gasteiger partial charge on any atom is 0.326 e. The van der Waals surface area contributed by atoms with Crippen LogP contribution in [-0.4, -0.2) is 47.8 Å². The highest BCUT2D eigenvalue weighted by Crippen LogP contribution is 2.26. The lowest BCUT2D eigenvalue weighted by Crippen LogP contribution is -2.43. The van der Waals surface area contributed by atoms with Crippen molar-refractivity contribution < 1.29 is 9.47 Å². The van der Waals surface area contributed by atoms with Gasteiger partial charge in [-0.05, 0) is 37.2 Å². The second-order valence-corrected chi connectivity index (χ2v) is 6.69. The normalized spacial score (nSPS) is 16.2. The summed E-state index contributed by atoms with van der Waals surface area (Å²) in [5, 5.41) is 0. The van der Waals surface area contributed by atoms with E-state index in [2.05, 4.69) is 23.0 Å². The number of aromatic nitrogens is 2. The van der Waals surface area contributed by atoms with Gasteiger partial charge in [-0.25, -0.2) is 4.79 Å². The van der Waals surface area contributed by atoms with E-state index < -0.39 is 0 Å². The van der Waals surface area contributed by atoms with Gasteiger partial charge in [-0.15, -0.1) is 0 Å². The van der Waals surface area contributed by atoms with Gasteiger partial charge in [-0.1, -0.05) is 24.3 Å². The van der Waals surface area contributed by atoms with Crippen molar-refractivity contribution in [3.8, 4) is 11.5 Å². The molecule has 3 aromatic rings. The summed E-state index contributed by atoms with van der Waals surface area (Å²) in [7, 11) is 3.72. The SMILES string of the molecule is COc1ccccc1OCCN(C)[C@H]1Cc2cccc3[nH]c(=O)n(c23)C1. The van der Waals surface area contributed by atoms with Crippen molar-refractivity contribution in [2.24, 2.45) is 0 Å². The molecule has 0 saturated carbocycles. The molecular weight excluding hydrogens is 330 g/mol. The summed E-state index contributed by atoms with van der Waals surface area (Å²) in [6.07, 6.45) is 0.930. The standard InChI is InChI=1S/C20H23N3O3/c1-22(10-11-26-18-9-4-3-8-17(18)25-2)15-12-14-6-5-7-16-19(14)23(13-15)20(24)21-16/h3-9,15H,10-13H2,1-2H3,(H,21,24)/t15-/m0/s1. The van der Waals surface area contributed by atoms with Crippen LogP contribution in [0.1, 0.15) is 5.56 Å². The number of imidazole rings is 1. The predicted octanol–water partition coefficient (Wildman–Crippen LogP) is 2.27. The fraction of sp³-hybridized carbons (Fsp3) is 0.350. The zero-order valence-corrected chi connectivity index (χ0v) is 15.1. The maximum atomic E-state index is 12.2. The Morgan fingerprint density at radius 3 is 2.81 bits per heavy atom. The van der Waals surface area contributed by atoms with E-state index in [1.165, 1.54) is 5.56 Å². The summed E-state index contributed by atoms with van der Waals surface area (Å²) < 4.78 is 13.1. The Kier molecular flexibility index (Phi) is 4.42. The molecule has 0 unspecified atom stereocenters. The maximum absolute atomic E-state index is 12.2.